The number of hydrogen-bond donors (Lipinski definition) is 1. The van der Waals surface area contributed by atoms with Crippen LogP contribution in [0, 0.1) is 25.2 Å². The number of anilines is 3. The van der Waals surface area contributed by atoms with E-state index in [-0.39, 0.29) is 5.57 Å². The highest BCUT2D eigenvalue weighted by atomic mass is 32.1. The summed E-state index contributed by atoms with van der Waals surface area (Å²) in [6.07, 6.45) is 1.38. The maximum absolute atomic E-state index is 11.5. The molecule has 1 N–H and O–H groups in total. The quantitative estimate of drug-likeness (QED) is 0.117. The van der Waals surface area contributed by atoms with E-state index in [4.69, 9.17) is 9.97 Å². The Morgan fingerprint density at radius 2 is 1.06 bits per heavy atom. The Labute approximate surface area is 321 Å². The first-order valence-electron chi connectivity index (χ1n) is 17.3. The number of thiophene rings is 2. The van der Waals surface area contributed by atoms with Gasteiger partial charge in [-0.05, 0) is 97.3 Å². The van der Waals surface area contributed by atoms with Gasteiger partial charge in [0.05, 0.1) is 20.8 Å². The number of nitriles is 1. The standard InChI is InChI=1S/C46H32N4O2S2/c1-29-13-25-40(53-29)44-45(41-26-14-30(2)54-41)49-43-39(24-23-38(42(43)48-44)32-17-15-31(16-18-32)27-34(28-47)46(51)52)33-19-21-37(22-20-33)50(35-9-5-3-6-10-35)36-11-7-4-8-12-36/h3-27H,1-2H3,(H,51,52)/b34-27-. The molecule has 0 atom stereocenters. The topological polar surface area (TPSA) is 90.1 Å². The number of benzene rings is 5. The van der Waals surface area contributed by atoms with Gasteiger partial charge in [0.1, 0.15) is 23.0 Å². The van der Waals surface area contributed by atoms with Crippen LogP contribution in [0.3, 0.4) is 0 Å². The lowest BCUT2D eigenvalue weighted by molar-refractivity contribution is -0.132. The summed E-state index contributed by atoms with van der Waals surface area (Å²) in [5.74, 6) is -1.26. The fourth-order valence-electron chi connectivity index (χ4n) is 6.53. The van der Waals surface area contributed by atoms with Crippen LogP contribution in [-0.4, -0.2) is 21.0 Å². The van der Waals surface area contributed by atoms with E-state index >= 15 is 0 Å². The van der Waals surface area contributed by atoms with Crippen LogP contribution in [0.15, 0.2) is 151 Å². The normalized spacial score (nSPS) is 11.4. The molecule has 3 aromatic heterocycles. The van der Waals surface area contributed by atoms with Gasteiger partial charge in [0.2, 0.25) is 0 Å². The van der Waals surface area contributed by atoms with Crippen LogP contribution in [-0.2, 0) is 4.79 Å². The number of hydrogen-bond acceptors (Lipinski definition) is 7. The van der Waals surface area contributed by atoms with Crippen molar-refractivity contribution in [1.82, 2.24) is 9.97 Å². The molecule has 8 aromatic rings. The molecule has 0 radical (unpaired) electrons. The smallest absolute Gasteiger partial charge is 0.346 e. The first kappa shape index (κ1) is 34.4. The van der Waals surface area contributed by atoms with Crippen molar-refractivity contribution in [1.29, 1.82) is 5.26 Å². The van der Waals surface area contributed by atoms with Crippen molar-refractivity contribution >= 4 is 62.8 Å². The third-order valence-corrected chi connectivity index (χ3v) is 11.1. The zero-order valence-electron chi connectivity index (χ0n) is 29.4. The van der Waals surface area contributed by atoms with Crippen LogP contribution in [0.1, 0.15) is 15.3 Å². The Balaban J connectivity index is 1.31. The summed E-state index contributed by atoms with van der Waals surface area (Å²) in [6.45, 7) is 4.20. The third-order valence-electron chi connectivity index (χ3n) is 9.12. The van der Waals surface area contributed by atoms with E-state index in [1.807, 2.05) is 60.7 Å². The molecule has 3 heterocycles. The van der Waals surface area contributed by atoms with Crippen molar-refractivity contribution in [3.05, 3.63) is 166 Å². The van der Waals surface area contributed by atoms with Crippen LogP contribution < -0.4 is 4.90 Å². The maximum atomic E-state index is 11.5. The first-order chi connectivity index (χ1) is 26.4. The van der Waals surface area contributed by atoms with Crippen molar-refractivity contribution in [2.45, 2.75) is 13.8 Å². The fraction of sp³-hybridized carbons (Fsp3) is 0.0435. The number of aryl methyl sites for hydroxylation is 2. The SMILES string of the molecule is Cc1ccc(-c2nc3c(-c4ccc(/C=C(/C#N)C(=O)O)cc4)ccc(-c4ccc(N(c5ccccc5)c5ccccc5)cc4)c3nc2-c2ccc(C)s2)s1. The van der Waals surface area contributed by atoms with Crippen molar-refractivity contribution in [3.63, 3.8) is 0 Å². The van der Waals surface area contributed by atoms with Crippen molar-refractivity contribution < 1.29 is 9.90 Å². The summed E-state index contributed by atoms with van der Waals surface area (Å²) < 4.78 is 0. The Hall–Kier alpha value is -6.66. The molecule has 6 nitrogen and oxygen atoms in total. The van der Waals surface area contributed by atoms with Crippen LogP contribution in [0.4, 0.5) is 17.1 Å². The van der Waals surface area contributed by atoms with Crippen LogP contribution >= 0.6 is 22.7 Å². The second-order valence-electron chi connectivity index (χ2n) is 12.7. The van der Waals surface area contributed by atoms with E-state index in [1.165, 1.54) is 15.8 Å². The largest absolute Gasteiger partial charge is 0.477 e. The molecule has 0 unspecified atom stereocenters. The average molecular weight is 737 g/mol. The van der Waals surface area contributed by atoms with Crippen molar-refractivity contribution in [2.24, 2.45) is 0 Å². The monoisotopic (exact) mass is 736 g/mol. The van der Waals surface area contributed by atoms with E-state index in [9.17, 15) is 15.2 Å². The van der Waals surface area contributed by atoms with E-state index in [2.05, 4.69) is 104 Å². The van der Waals surface area contributed by atoms with E-state index in [0.717, 1.165) is 71.5 Å². The minimum absolute atomic E-state index is 0.322. The molecule has 0 saturated carbocycles. The lowest BCUT2D eigenvalue weighted by Crippen LogP contribution is -2.09. The summed E-state index contributed by atoms with van der Waals surface area (Å²) in [5.41, 5.74) is 10.4. The number of aliphatic carboxylic acids is 1. The number of para-hydroxylation sites is 2. The summed E-state index contributed by atoms with van der Waals surface area (Å²) in [7, 11) is 0. The van der Waals surface area contributed by atoms with Gasteiger partial charge in [-0.3, -0.25) is 0 Å². The van der Waals surface area contributed by atoms with E-state index in [1.54, 1.807) is 28.7 Å². The minimum atomic E-state index is -1.26. The number of fused-ring (bicyclic) bond motifs is 1. The molecule has 0 fully saturated rings. The Kier molecular flexibility index (Phi) is 9.41. The van der Waals surface area contributed by atoms with Gasteiger partial charge < -0.3 is 10.0 Å². The van der Waals surface area contributed by atoms with Gasteiger partial charge in [0, 0.05) is 37.9 Å². The predicted octanol–water partition coefficient (Wildman–Crippen LogP) is 12.5. The fourth-order valence-corrected chi connectivity index (χ4v) is 8.24. The number of carboxylic acids is 1. The molecule has 0 spiro atoms. The average Bonchev–Trinajstić information content (AvgIpc) is 3.85. The summed E-state index contributed by atoms with van der Waals surface area (Å²) >= 11 is 3.40. The van der Waals surface area contributed by atoms with E-state index in [0.29, 0.717) is 5.56 Å². The summed E-state index contributed by atoms with van der Waals surface area (Å²) in [5, 5.41) is 18.7. The third kappa shape index (κ3) is 6.82. The first-order valence-corrected chi connectivity index (χ1v) is 18.9. The van der Waals surface area contributed by atoms with Gasteiger partial charge >= 0.3 is 5.97 Å². The number of nitrogens with zero attached hydrogens (tertiary/aromatic N) is 4. The van der Waals surface area contributed by atoms with Crippen LogP contribution in [0.25, 0.3) is 60.5 Å². The minimum Gasteiger partial charge on any atom is -0.477 e. The molecule has 5 aromatic carbocycles. The molecule has 0 aliphatic heterocycles. The molecule has 54 heavy (non-hydrogen) atoms. The number of aromatic nitrogens is 2. The van der Waals surface area contributed by atoms with Gasteiger partial charge in [-0.15, -0.1) is 22.7 Å². The van der Waals surface area contributed by atoms with E-state index < -0.39 is 5.97 Å². The van der Waals surface area contributed by atoms with Gasteiger partial charge in [-0.25, -0.2) is 14.8 Å². The molecule has 0 aliphatic rings. The second kappa shape index (κ2) is 14.8. The Morgan fingerprint density at radius 3 is 1.46 bits per heavy atom. The highest BCUT2D eigenvalue weighted by molar-refractivity contribution is 7.16. The molecule has 0 amide bonds. The molecular weight excluding hydrogens is 705 g/mol. The predicted molar refractivity (Wildman–Crippen MR) is 222 cm³/mol. The van der Waals surface area contributed by atoms with Crippen molar-refractivity contribution in [2.75, 3.05) is 4.90 Å². The summed E-state index contributed by atoms with van der Waals surface area (Å²) in [6, 6.07) is 51.2. The highest BCUT2D eigenvalue weighted by Gasteiger charge is 2.21. The van der Waals surface area contributed by atoms with Gasteiger partial charge in [0.15, 0.2) is 0 Å². The van der Waals surface area contributed by atoms with Gasteiger partial charge in [-0.2, -0.15) is 5.26 Å². The molecular formula is C46H32N4O2S2. The summed E-state index contributed by atoms with van der Waals surface area (Å²) in [4.78, 5) is 29.1. The second-order valence-corrected chi connectivity index (χ2v) is 15.3. The lowest BCUT2D eigenvalue weighted by atomic mass is 9.96. The van der Waals surface area contributed by atoms with Crippen LogP contribution in [0.2, 0.25) is 0 Å². The zero-order chi connectivity index (χ0) is 37.2. The van der Waals surface area contributed by atoms with Crippen LogP contribution in [0.5, 0.6) is 0 Å². The lowest BCUT2D eigenvalue weighted by Gasteiger charge is -2.25. The molecule has 8 rings (SSSR count). The van der Waals surface area contributed by atoms with Crippen molar-refractivity contribution in [3.8, 4) is 49.5 Å². The number of carbonyl (C=O) groups is 1. The van der Waals surface area contributed by atoms with Gasteiger partial charge in [-0.1, -0.05) is 84.9 Å². The maximum Gasteiger partial charge on any atom is 0.346 e. The molecule has 8 heteroatoms. The highest BCUT2D eigenvalue weighted by Crippen LogP contribution is 2.42. The number of carboxylic acid groups (broad SMARTS) is 1. The molecule has 260 valence electrons. The molecule has 0 saturated heterocycles. The zero-order valence-corrected chi connectivity index (χ0v) is 31.0. The van der Waals surface area contributed by atoms with Gasteiger partial charge in [0.25, 0.3) is 0 Å². The number of rotatable bonds is 9. The Bertz CT molecular complexity index is 2670. The molecule has 0 aliphatic carbocycles. The molecule has 0 bridgehead atoms. The Morgan fingerprint density at radius 1 is 0.611 bits per heavy atom.